The molecule has 1 N–H and O–H groups in total. The molecule has 6 nitrogen and oxygen atoms in total. The number of methoxy groups -OCH3 is 1. The number of nitrogens with zero attached hydrogens (tertiary/aromatic N) is 4. The molecule has 1 aliphatic heterocycles. The van der Waals surface area contributed by atoms with E-state index in [0.29, 0.717) is 5.11 Å². The molecule has 3 heterocycles. The lowest BCUT2D eigenvalue weighted by atomic mass is 9.96. The van der Waals surface area contributed by atoms with Gasteiger partial charge in [-0.1, -0.05) is 6.07 Å². The van der Waals surface area contributed by atoms with Gasteiger partial charge in [0.05, 0.1) is 24.9 Å². The van der Waals surface area contributed by atoms with Gasteiger partial charge in [-0.2, -0.15) is 0 Å². The van der Waals surface area contributed by atoms with Crippen LogP contribution in [-0.4, -0.2) is 35.9 Å². The molecule has 2 unspecified atom stereocenters. The molecule has 4 aromatic rings. The number of ether oxygens (including phenoxy) is 1. The van der Waals surface area contributed by atoms with Crippen molar-refractivity contribution >= 4 is 28.7 Å². The Kier molecular flexibility index (Phi) is 6.41. The molecular weight excluding hydrogens is 466 g/mol. The van der Waals surface area contributed by atoms with E-state index < -0.39 is 0 Å². The number of benzene rings is 2. The molecule has 0 amide bonds. The third-order valence-corrected chi connectivity index (χ3v) is 7.18. The highest BCUT2D eigenvalue weighted by Gasteiger charge is 2.42. The molecule has 1 fully saturated rings. The summed E-state index contributed by atoms with van der Waals surface area (Å²) in [5, 5.41) is 4.24. The van der Waals surface area contributed by atoms with Crippen molar-refractivity contribution in [2.45, 2.75) is 25.9 Å². The first-order chi connectivity index (χ1) is 17.4. The lowest BCUT2D eigenvalue weighted by Gasteiger charge is -2.28. The van der Waals surface area contributed by atoms with Crippen molar-refractivity contribution in [3.8, 4) is 11.4 Å². The molecule has 0 saturated carbocycles. The van der Waals surface area contributed by atoms with E-state index >= 15 is 0 Å². The van der Waals surface area contributed by atoms with Crippen LogP contribution in [0.3, 0.4) is 0 Å². The summed E-state index contributed by atoms with van der Waals surface area (Å²) >= 11 is 5.90. The van der Waals surface area contributed by atoms with E-state index in [1.54, 1.807) is 7.11 Å². The van der Waals surface area contributed by atoms with Crippen LogP contribution in [0.4, 0.5) is 11.4 Å². The van der Waals surface area contributed by atoms with Crippen LogP contribution in [0.2, 0.25) is 0 Å². The molecule has 0 bridgehead atoms. The maximum atomic E-state index is 5.90. The van der Waals surface area contributed by atoms with Gasteiger partial charge in [0.25, 0.3) is 0 Å². The number of hydrogen-bond donors (Lipinski definition) is 1. The second-order valence-corrected chi connectivity index (χ2v) is 9.65. The molecule has 2 atom stereocenters. The minimum Gasteiger partial charge on any atom is -0.497 e. The van der Waals surface area contributed by atoms with Gasteiger partial charge in [0.1, 0.15) is 5.75 Å². The summed E-state index contributed by atoms with van der Waals surface area (Å²) in [6.07, 6.45) is 1.84. The molecule has 5 rings (SSSR count). The summed E-state index contributed by atoms with van der Waals surface area (Å²) in [7, 11) is 5.79. The molecule has 2 aromatic heterocycles. The van der Waals surface area contributed by atoms with Crippen molar-refractivity contribution in [1.82, 2.24) is 14.9 Å². The van der Waals surface area contributed by atoms with Crippen LogP contribution in [0.15, 0.2) is 79.0 Å². The quantitative estimate of drug-likeness (QED) is 0.343. The van der Waals surface area contributed by atoms with Gasteiger partial charge in [-0.15, -0.1) is 0 Å². The van der Waals surface area contributed by atoms with E-state index in [9.17, 15) is 0 Å². The van der Waals surface area contributed by atoms with Crippen molar-refractivity contribution in [3.05, 3.63) is 102 Å². The lowest BCUT2D eigenvalue weighted by molar-refractivity contribution is 0.415. The molecule has 1 aliphatic rings. The molecule has 1 saturated heterocycles. The Morgan fingerprint density at radius 1 is 0.944 bits per heavy atom. The average molecular weight is 498 g/mol. The normalized spacial score (nSPS) is 17.2. The zero-order valence-corrected chi connectivity index (χ0v) is 22.1. The third kappa shape index (κ3) is 4.20. The van der Waals surface area contributed by atoms with E-state index in [0.717, 1.165) is 22.8 Å². The number of rotatable bonds is 6. The smallest absolute Gasteiger partial charge is 0.174 e. The van der Waals surface area contributed by atoms with E-state index in [1.165, 1.54) is 22.6 Å². The monoisotopic (exact) mass is 497 g/mol. The number of aryl methyl sites for hydroxylation is 1. The summed E-state index contributed by atoms with van der Waals surface area (Å²) in [4.78, 5) is 9.00. The average Bonchev–Trinajstić information content (AvgIpc) is 3.39. The topological polar surface area (TPSA) is 45.6 Å². The minimum atomic E-state index is -0.0918. The highest BCUT2D eigenvalue weighted by atomic mass is 32.1. The summed E-state index contributed by atoms with van der Waals surface area (Å²) < 4.78 is 7.70. The molecule has 184 valence electrons. The second-order valence-electron chi connectivity index (χ2n) is 9.27. The first-order valence-corrected chi connectivity index (χ1v) is 12.4. The highest BCUT2D eigenvalue weighted by Crippen LogP contribution is 2.44. The zero-order chi connectivity index (χ0) is 25.4. The Labute approximate surface area is 218 Å². The third-order valence-electron chi connectivity index (χ3n) is 6.86. The van der Waals surface area contributed by atoms with Crippen LogP contribution < -0.4 is 19.9 Å². The van der Waals surface area contributed by atoms with Crippen LogP contribution in [0.5, 0.6) is 5.75 Å². The minimum absolute atomic E-state index is 0.0678. The molecule has 0 aliphatic carbocycles. The lowest BCUT2D eigenvalue weighted by Crippen LogP contribution is -2.29. The van der Waals surface area contributed by atoms with Crippen LogP contribution in [0.1, 0.15) is 34.7 Å². The predicted octanol–water partition coefficient (Wildman–Crippen LogP) is 5.74. The highest BCUT2D eigenvalue weighted by molar-refractivity contribution is 7.80. The molecule has 0 radical (unpaired) electrons. The van der Waals surface area contributed by atoms with Gasteiger partial charge in [0.15, 0.2) is 5.11 Å². The van der Waals surface area contributed by atoms with E-state index in [4.69, 9.17) is 17.0 Å². The number of pyridine rings is 1. The number of nitrogens with one attached hydrogen (secondary N) is 1. The molecule has 2 aromatic carbocycles. The largest absolute Gasteiger partial charge is 0.497 e. The van der Waals surface area contributed by atoms with Crippen LogP contribution in [0.25, 0.3) is 5.69 Å². The summed E-state index contributed by atoms with van der Waals surface area (Å²) in [5.74, 6) is 0.814. The number of anilines is 2. The van der Waals surface area contributed by atoms with Crippen molar-refractivity contribution in [2.24, 2.45) is 0 Å². The number of aromatic nitrogens is 2. The maximum absolute atomic E-state index is 5.90. The Bertz CT molecular complexity index is 1360. The summed E-state index contributed by atoms with van der Waals surface area (Å²) in [5.41, 5.74) is 7.85. The fourth-order valence-corrected chi connectivity index (χ4v) is 5.42. The van der Waals surface area contributed by atoms with Crippen molar-refractivity contribution in [1.29, 1.82) is 0 Å². The first-order valence-electron chi connectivity index (χ1n) is 12.0. The second kappa shape index (κ2) is 9.66. The van der Waals surface area contributed by atoms with Crippen LogP contribution >= 0.6 is 12.2 Å². The fraction of sp³-hybridized carbons (Fsp3) is 0.241. The van der Waals surface area contributed by atoms with Crippen molar-refractivity contribution in [2.75, 3.05) is 31.0 Å². The Morgan fingerprint density at radius 3 is 2.25 bits per heavy atom. The fourth-order valence-electron chi connectivity index (χ4n) is 5.08. The van der Waals surface area contributed by atoms with Crippen LogP contribution in [-0.2, 0) is 0 Å². The molecular formula is C29H31N5OS. The summed E-state index contributed by atoms with van der Waals surface area (Å²) in [6, 6.07) is 24.9. The van der Waals surface area contributed by atoms with Gasteiger partial charge in [-0.25, -0.2) is 0 Å². The van der Waals surface area contributed by atoms with E-state index in [2.05, 4.69) is 101 Å². The number of hydrogen-bond acceptors (Lipinski definition) is 4. The standard InChI is InChI=1S/C29H31N5OS/c1-19-18-25(20(2)33(19)22-11-9-21(10-12-22)32(3)4)28-27(26-8-6-7-17-30-26)31-29(36)34(28)23-13-15-24(35-5)16-14-23/h6-18,27-28H,1-5H3,(H,31,36). The van der Waals surface area contributed by atoms with Gasteiger partial charge in [-0.3, -0.25) is 4.98 Å². The Hall–Kier alpha value is -3.84. The Balaban J connectivity index is 1.63. The van der Waals surface area contributed by atoms with Crippen molar-refractivity contribution in [3.63, 3.8) is 0 Å². The van der Waals surface area contributed by atoms with Gasteiger partial charge in [-0.05, 0) is 98.4 Å². The summed E-state index contributed by atoms with van der Waals surface area (Å²) in [6.45, 7) is 4.34. The molecule has 7 heteroatoms. The molecule has 36 heavy (non-hydrogen) atoms. The van der Waals surface area contributed by atoms with Crippen molar-refractivity contribution < 1.29 is 4.74 Å². The zero-order valence-electron chi connectivity index (χ0n) is 21.3. The van der Waals surface area contributed by atoms with Crippen LogP contribution in [0, 0.1) is 13.8 Å². The molecule has 0 spiro atoms. The first kappa shape index (κ1) is 23.9. The predicted molar refractivity (Wildman–Crippen MR) is 150 cm³/mol. The van der Waals surface area contributed by atoms with E-state index in [1.807, 2.05) is 30.5 Å². The SMILES string of the molecule is COc1ccc(N2C(=S)NC(c3ccccn3)C2c2cc(C)n(-c3ccc(N(C)C)cc3)c2C)cc1. The Morgan fingerprint density at radius 2 is 1.64 bits per heavy atom. The van der Waals surface area contributed by atoms with Gasteiger partial charge >= 0.3 is 0 Å². The van der Waals surface area contributed by atoms with Gasteiger partial charge < -0.3 is 24.4 Å². The van der Waals surface area contributed by atoms with E-state index in [-0.39, 0.29) is 12.1 Å². The maximum Gasteiger partial charge on any atom is 0.174 e. The van der Waals surface area contributed by atoms with Gasteiger partial charge in [0.2, 0.25) is 0 Å². The van der Waals surface area contributed by atoms with Gasteiger partial charge in [0, 0.05) is 48.7 Å². The number of thiocarbonyl (C=S) groups is 1.